The van der Waals surface area contributed by atoms with Crippen LogP contribution >= 0.6 is 0 Å². The zero-order valence-electron chi connectivity index (χ0n) is 14.9. The average molecular weight is 348 g/mol. The number of pyridine rings is 2. The molecule has 2 N–H and O–H groups in total. The Bertz CT molecular complexity index is 985. The molecule has 0 aliphatic rings. The average Bonchev–Trinajstić information content (AvgIpc) is 3.01. The highest BCUT2D eigenvalue weighted by Crippen LogP contribution is 2.24. The van der Waals surface area contributed by atoms with Gasteiger partial charge in [-0.1, -0.05) is 0 Å². The smallest absolute Gasteiger partial charge is 0.253 e. The normalized spacial score (nSPS) is 11.4. The predicted octanol–water partition coefficient (Wildman–Crippen LogP) is 3.37. The minimum atomic E-state index is -0.144. The third-order valence-electron chi connectivity index (χ3n) is 3.80. The summed E-state index contributed by atoms with van der Waals surface area (Å²) in [7, 11) is 0. The number of carbonyl (C=O) groups is 2. The molecule has 6 heteroatoms. The summed E-state index contributed by atoms with van der Waals surface area (Å²) in [6, 6.07) is 5.59. The quantitative estimate of drug-likeness (QED) is 0.692. The van der Waals surface area contributed by atoms with Crippen LogP contribution in [-0.2, 0) is 4.79 Å². The number of nitrogens with zero attached hydrogens (tertiary/aromatic N) is 2. The number of hydrogen-bond acceptors (Lipinski definition) is 4. The molecule has 0 fully saturated rings. The summed E-state index contributed by atoms with van der Waals surface area (Å²) in [6.45, 7) is 5.33. The number of rotatable bonds is 5. The van der Waals surface area contributed by atoms with Crippen molar-refractivity contribution in [2.75, 3.05) is 0 Å². The Balaban J connectivity index is 1.91. The number of ketones is 1. The molecule has 6 nitrogen and oxygen atoms in total. The number of allylic oxidation sites excluding steroid dienone is 1. The summed E-state index contributed by atoms with van der Waals surface area (Å²) >= 11 is 0. The van der Waals surface area contributed by atoms with Crippen LogP contribution in [0.4, 0.5) is 0 Å². The van der Waals surface area contributed by atoms with E-state index < -0.39 is 0 Å². The van der Waals surface area contributed by atoms with E-state index in [0.29, 0.717) is 5.56 Å². The Kier molecular flexibility index (Phi) is 4.93. The third-order valence-corrected chi connectivity index (χ3v) is 3.80. The lowest BCUT2D eigenvalue weighted by Gasteiger charge is -2.08. The maximum atomic E-state index is 12.0. The van der Waals surface area contributed by atoms with E-state index in [-0.39, 0.29) is 17.7 Å². The van der Waals surface area contributed by atoms with Crippen molar-refractivity contribution in [2.45, 2.75) is 26.8 Å². The molecule has 0 aromatic carbocycles. The first-order valence-corrected chi connectivity index (χ1v) is 8.37. The number of H-pyrrole nitrogens is 1. The number of amides is 1. The summed E-state index contributed by atoms with van der Waals surface area (Å²) in [5, 5.41) is 3.74. The molecule has 0 saturated heterocycles. The molecule has 3 heterocycles. The second-order valence-corrected chi connectivity index (χ2v) is 6.37. The number of fused-ring (bicyclic) bond motifs is 1. The van der Waals surface area contributed by atoms with Gasteiger partial charge in [0.05, 0.1) is 11.3 Å². The molecular weight excluding hydrogens is 328 g/mol. The Morgan fingerprint density at radius 3 is 2.65 bits per heavy atom. The van der Waals surface area contributed by atoms with Gasteiger partial charge in [-0.25, -0.2) is 4.98 Å². The van der Waals surface area contributed by atoms with Gasteiger partial charge < -0.3 is 10.3 Å². The van der Waals surface area contributed by atoms with Gasteiger partial charge in [0.2, 0.25) is 0 Å². The Morgan fingerprint density at radius 1 is 1.19 bits per heavy atom. The van der Waals surface area contributed by atoms with Crippen LogP contribution in [0.25, 0.3) is 28.4 Å². The molecule has 0 saturated carbocycles. The fraction of sp³-hybridized carbons (Fsp3) is 0.200. The highest BCUT2D eigenvalue weighted by atomic mass is 16.1. The van der Waals surface area contributed by atoms with Gasteiger partial charge >= 0.3 is 0 Å². The lowest BCUT2D eigenvalue weighted by molar-refractivity contribution is -0.112. The van der Waals surface area contributed by atoms with E-state index in [0.717, 1.165) is 27.9 Å². The van der Waals surface area contributed by atoms with Crippen molar-refractivity contribution in [3.05, 3.63) is 54.0 Å². The second-order valence-electron chi connectivity index (χ2n) is 6.37. The van der Waals surface area contributed by atoms with Crippen LogP contribution in [0.1, 0.15) is 36.7 Å². The van der Waals surface area contributed by atoms with Crippen molar-refractivity contribution in [2.24, 2.45) is 0 Å². The molecule has 3 rings (SSSR count). The van der Waals surface area contributed by atoms with E-state index >= 15 is 0 Å². The zero-order valence-corrected chi connectivity index (χ0v) is 14.9. The van der Waals surface area contributed by atoms with Crippen LogP contribution in [0, 0.1) is 0 Å². The van der Waals surface area contributed by atoms with Gasteiger partial charge in [0.15, 0.2) is 5.78 Å². The highest BCUT2D eigenvalue weighted by Gasteiger charge is 2.10. The monoisotopic (exact) mass is 348 g/mol. The zero-order chi connectivity index (χ0) is 18.7. The van der Waals surface area contributed by atoms with Crippen molar-refractivity contribution in [3.8, 4) is 11.3 Å². The number of carbonyl (C=O) groups excluding carboxylic acids is 2. The van der Waals surface area contributed by atoms with Gasteiger partial charge in [-0.3, -0.25) is 14.6 Å². The maximum Gasteiger partial charge on any atom is 0.253 e. The number of nitrogens with one attached hydrogen (secondary N) is 2. The topological polar surface area (TPSA) is 87.7 Å². The summed E-state index contributed by atoms with van der Waals surface area (Å²) in [6.07, 6.45) is 8.39. The van der Waals surface area contributed by atoms with Crippen molar-refractivity contribution in [1.29, 1.82) is 0 Å². The number of aromatic amines is 1. The minimum Gasteiger partial charge on any atom is -0.350 e. The van der Waals surface area contributed by atoms with Crippen LogP contribution in [0.3, 0.4) is 0 Å². The molecule has 0 bridgehead atoms. The van der Waals surface area contributed by atoms with Crippen LogP contribution < -0.4 is 5.32 Å². The Labute approximate surface area is 151 Å². The van der Waals surface area contributed by atoms with Crippen molar-refractivity contribution in [3.63, 3.8) is 0 Å². The van der Waals surface area contributed by atoms with Crippen molar-refractivity contribution < 1.29 is 9.59 Å². The lowest BCUT2D eigenvalue weighted by atomic mass is 10.1. The van der Waals surface area contributed by atoms with E-state index in [1.54, 1.807) is 30.6 Å². The van der Waals surface area contributed by atoms with Crippen LogP contribution in [0.15, 0.2) is 42.9 Å². The number of aromatic nitrogens is 3. The molecule has 0 spiro atoms. The van der Waals surface area contributed by atoms with Gasteiger partial charge in [0, 0.05) is 41.1 Å². The van der Waals surface area contributed by atoms with E-state index in [4.69, 9.17) is 0 Å². The molecule has 3 aromatic heterocycles. The molecule has 132 valence electrons. The van der Waals surface area contributed by atoms with E-state index in [1.165, 1.54) is 13.0 Å². The predicted molar refractivity (Wildman–Crippen MR) is 102 cm³/mol. The first kappa shape index (κ1) is 17.5. The second kappa shape index (κ2) is 7.31. The van der Waals surface area contributed by atoms with Gasteiger partial charge in [-0.2, -0.15) is 0 Å². The SMILES string of the molecule is CC(=O)/C=C/c1c[nH]c2ncc(-c3ccc(C(=O)NC(C)C)cn3)cc12. The van der Waals surface area contributed by atoms with Gasteiger partial charge in [-0.15, -0.1) is 0 Å². The molecular formula is C20H20N4O2. The summed E-state index contributed by atoms with van der Waals surface area (Å²) in [5.74, 6) is -0.157. The fourth-order valence-electron chi connectivity index (χ4n) is 2.55. The first-order chi connectivity index (χ1) is 12.4. The van der Waals surface area contributed by atoms with Crippen LogP contribution in [-0.4, -0.2) is 32.7 Å². The first-order valence-electron chi connectivity index (χ1n) is 8.37. The van der Waals surface area contributed by atoms with Gasteiger partial charge in [-0.05, 0) is 51.1 Å². The molecule has 26 heavy (non-hydrogen) atoms. The molecule has 0 atom stereocenters. The molecule has 0 radical (unpaired) electrons. The molecule has 0 aliphatic heterocycles. The summed E-state index contributed by atoms with van der Waals surface area (Å²) < 4.78 is 0. The number of hydrogen-bond donors (Lipinski definition) is 2. The van der Waals surface area contributed by atoms with E-state index in [2.05, 4.69) is 20.3 Å². The summed E-state index contributed by atoms with van der Waals surface area (Å²) in [4.78, 5) is 35.1. The standard InChI is InChI=1S/C20H20N4O2/c1-12(2)24-20(26)15-6-7-18(21-10-15)16-8-17-14(5-4-13(3)25)9-22-19(17)23-11-16/h4-12H,1-3H3,(H,22,23)(H,24,26)/b5-4+. The summed E-state index contributed by atoms with van der Waals surface area (Å²) in [5.41, 5.74) is 3.71. The highest BCUT2D eigenvalue weighted by molar-refractivity contribution is 5.96. The van der Waals surface area contributed by atoms with E-state index in [9.17, 15) is 9.59 Å². The van der Waals surface area contributed by atoms with Gasteiger partial charge in [0.25, 0.3) is 5.91 Å². The van der Waals surface area contributed by atoms with Gasteiger partial charge in [0.1, 0.15) is 5.65 Å². The molecule has 0 aliphatic carbocycles. The largest absolute Gasteiger partial charge is 0.350 e. The third kappa shape index (κ3) is 3.85. The van der Waals surface area contributed by atoms with E-state index in [1.807, 2.05) is 26.1 Å². The molecule has 1 amide bonds. The maximum absolute atomic E-state index is 12.0. The van der Waals surface area contributed by atoms with Crippen molar-refractivity contribution >= 4 is 28.8 Å². The molecule has 0 unspecified atom stereocenters. The Hall–Kier alpha value is -3.28. The Morgan fingerprint density at radius 2 is 2.00 bits per heavy atom. The fourth-order valence-corrected chi connectivity index (χ4v) is 2.55. The van der Waals surface area contributed by atoms with Crippen LogP contribution in [0.5, 0.6) is 0 Å². The minimum absolute atomic E-state index is 0.0135. The lowest BCUT2D eigenvalue weighted by Crippen LogP contribution is -2.30. The van der Waals surface area contributed by atoms with Crippen LogP contribution in [0.2, 0.25) is 0 Å². The van der Waals surface area contributed by atoms with Crippen molar-refractivity contribution in [1.82, 2.24) is 20.3 Å². The molecule has 3 aromatic rings.